The normalized spacial score (nSPS) is 12.6. The third kappa shape index (κ3) is 10.4. The summed E-state index contributed by atoms with van der Waals surface area (Å²) in [6.45, 7) is 9.37. The van der Waals surface area contributed by atoms with E-state index < -0.39 is 23.7 Å². The molecule has 3 N–H and O–H groups in total. The standard InChI is InChI=1S/C12H22N2O4S/c1-5-6-13-8-19-7-9(10(15)16)14-11(17)18-12(2,3)4/h5,9,13H,1,6-8H2,2-4H3,(H,14,17)(H,15,16)/t9-/m0/s1. The lowest BCUT2D eigenvalue weighted by Crippen LogP contribution is -2.45. The Morgan fingerprint density at radius 3 is 2.58 bits per heavy atom. The zero-order valence-corrected chi connectivity index (χ0v) is 12.4. The van der Waals surface area contributed by atoms with Crippen molar-refractivity contribution in [2.24, 2.45) is 0 Å². The van der Waals surface area contributed by atoms with Crippen LogP contribution < -0.4 is 10.6 Å². The lowest BCUT2D eigenvalue weighted by Gasteiger charge is -2.21. The molecule has 0 saturated carbocycles. The Morgan fingerprint density at radius 2 is 2.11 bits per heavy atom. The smallest absolute Gasteiger partial charge is 0.408 e. The summed E-state index contributed by atoms with van der Waals surface area (Å²) in [5.41, 5.74) is -0.647. The average molecular weight is 290 g/mol. The van der Waals surface area contributed by atoms with Gasteiger partial charge >= 0.3 is 12.1 Å². The number of hydrogen-bond acceptors (Lipinski definition) is 5. The van der Waals surface area contributed by atoms with Gasteiger partial charge in [-0.05, 0) is 20.8 Å². The minimum atomic E-state index is -1.08. The highest BCUT2D eigenvalue weighted by atomic mass is 32.2. The van der Waals surface area contributed by atoms with Crippen LogP contribution in [0.25, 0.3) is 0 Å². The number of carbonyl (C=O) groups excluding carboxylic acids is 1. The molecule has 0 aromatic rings. The zero-order chi connectivity index (χ0) is 14.9. The molecule has 0 saturated heterocycles. The van der Waals surface area contributed by atoms with Gasteiger partial charge in [0.05, 0.1) is 0 Å². The summed E-state index contributed by atoms with van der Waals surface area (Å²) in [5, 5.41) is 14.4. The summed E-state index contributed by atoms with van der Waals surface area (Å²) >= 11 is 1.38. The molecule has 0 aromatic heterocycles. The van der Waals surface area contributed by atoms with Crippen molar-refractivity contribution in [2.45, 2.75) is 32.4 Å². The molecule has 0 aromatic carbocycles. The second-order valence-corrected chi connectivity index (χ2v) is 5.83. The van der Waals surface area contributed by atoms with Crippen molar-refractivity contribution in [3.63, 3.8) is 0 Å². The minimum absolute atomic E-state index is 0.263. The Balaban J connectivity index is 4.08. The summed E-state index contributed by atoms with van der Waals surface area (Å²) in [6, 6.07) is -0.967. The first-order valence-corrected chi connectivity index (χ1v) is 7.03. The maximum Gasteiger partial charge on any atom is 0.408 e. The molecule has 0 aliphatic heterocycles. The van der Waals surface area contributed by atoms with E-state index in [1.54, 1.807) is 26.8 Å². The van der Waals surface area contributed by atoms with Gasteiger partial charge in [0, 0.05) is 18.2 Å². The topological polar surface area (TPSA) is 87.7 Å². The van der Waals surface area contributed by atoms with E-state index in [9.17, 15) is 9.59 Å². The number of nitrogens with one attached hydrogen (secondary N) is 2. The fourth-order valence-electron chi connectivity index (χ4n) is 1.03. The lowest BCUT2D eigenvalue weighted by molar-refractivity contribution is -0.138. The molecule has 0 fully saturated rings. The van der Waals surface area contributed by atoms with Crippen LogP contribution in [0.15, 0.2) is 12.7 Å². The van der Waals surface area contributed by atoms with Gasteiger partial charge in [0.25, 0.3) is 0 Å². The average Bonchev–Trinajstić information content (AvgIpc) is 2.24. The van der Waals surface area contributed by atoms with E-state index in [0.717, 1.165) is 0 Å². The van der Waals surface area contributed by atoms with Crippen LogP contribution in [0.1, 0.15) is 20.8 Å². The highest BCUT2D eigenvalue weighted by Crippen LogP contribution is 2.08. The van der Waals surface area contributed by atoms with E-state index in [-0.39, 0.29) is 5.75 Å². The molecule has 0 aliphatic rings. The zero-order valence-electron chi connectivity index (χ0n) is 11.6. The van der Waals surface area contributed by atoms with Crippen molar-refractivity contribution >= 4 is 23.8 Å². The number of carboxylic acid groups (broad SMARTS) is 1. The van der Waals surface area contributed by atoms with Crippen LogP contribution in [0.5, 0.6) is 0 Å². The van der Waals surface area contributed by atoms with Gasteiger partial charge in [-0.3, -0.25) is 0 Å². The molecule has 0 spiro atoms. The maximum absolute atomic E-state index is 11.5. The number of aliphatic carboxylic acids is 1. The van der Waals surface area contributed by atoms with Crippen LogP contribution >= 0.6 is 11.8 Å². The SMILES string of the molecule is C=CCNCSC[C@H](NC(=O)OC(C)(C)C)C(=O)O. The molecule has 19 heavy (non-hydrogen) atoms. The Labute approximate surface area is 118 Å². The number of amides is 1. The van der Waals surface area contributed by atoms with Gasteiger partial charge in [-0.15, -0.1) is 18.3 Å². The fraction of sp³-hybridized carbons (Fsp3) is 0.667. The number of rotatable bonds is 8. The highest BCUT2D eigenvalue weighted by Gasteiger charge is 2.23. The van der Waals surface area contributed by atoms with Crippen molar-refractivity contribution < 1.29 is 19.4 Å². The molecule has 1 amide bonds. The molecule has 7 heteroatoms. The number of hydrogen-bond donors (Lipinski definition) is 3. The molecule has 1 atom stereocenters. The molecule has 110 valence electrons. The molecular weight excluding hydrogens is 268 g/mol. The predicted octanol–water partition coefficient (Wildman–Crippen LogP) is 1.43. The molecule has 6 nitrogen and oxygen atoms in total. The Morgan fingerprint density at radius 1 is 1.47 bits per heavy atom. The Hall–Kier alpha value is -1.21. The van der Waals surface area contributed by atoms with Gasteiger partial charge in [-0.25, -0.2) is 9.59 Å². The van der Waals surface area contributed by atoms with Crippen LogP contribution in [0, 0.1) is 0 Å². The fourth-order valence-corrected chi connectivity index (χ4v) is 1.88. The quantitative estimate of drug-likeness (QED) is 0.356. The largest absolute Gasteiger partial charge is 0.480 e. The Bertz CT molecular complexity index is 315. The van der Waals surface area contributed by atoms with E-state index in [4.69, 9.17) is 9.84 Å². The number of carboxylic acids is 1. The van der Waals surface area contributed by atoms with Gasteiger partial charge in [0.15, 0.2) is 0 Å². The summed E-state index contributed by atoms with van der Waals surface area (Å²) in [6.07, 6.45) is 0.994. The van der Waals surface area contributed by atoms with Crippen molar-refractivity contribution in [2.75, 3.05) is 18.2 Å². The van der Waals surface area contributed by atoms with Gasteiger partial charge in [0.2, 0.25) is 0 Å². The number of thioether (sulfide) groups is 1. The summed E-state index contributed by atoms with van der Waals surface area (Å²) < 4.78 is 5.01. The van der Waals surface area contributed by atoms with Crippen LogP contribution in [-0.2, 0) is 9.53 Å². The van der Waals surface area contributed by atoms with Crippen molar-refractivity contribution in [1.82, 2.24) is 10.6 Å². The lowest BCUT2D eigenvalue weighted by atomic mass is 10.2. The molecule has 0 bridgehead atoms. The molecule has 0 rings (SSSR count). The van der Waals surface area contributed by atoms with Crippen molar-refractivity contribution in [1.29, 1.82) is 0 Å². The van der Waals surface area contributed by atoms with Crippen LogP contribution in [-0.4, -0.2) is 47.0 Å². The predicted molar refractivity (Wildman–Crippen MR) is 76.3 cm³/mol. The van der Waals surface area contributed by atoms with Crippen molar-refractivity contribution in [3.8, 4) is 0 Å². The van der Waals surface area contributed by atoms with Gasteiger partial charge < -0.3 is 20.5 Å². The molecule has 0 heterocycles. The maximum atomic E-state index is 11.5. The monoisotopic (exact) mass is 290 g/mol. The summed E-state index contributed by atoms with van der Waals surface area (Å²) in [5.74, 6) is -0.230. The van der Waals surface area contributed by atoms with Gasteiger partial charge in [0.1, 0.15) is 11.6 Å². The van der Waals surface area contributed by atoms with Gasteiger partial charge in [-0.2, -0.15) is 0 Å². The third-order valence-corrected chi connectivity index (χ3v) is 2.74. The second-order valence-electron chi connectivity index (χ2n) is 4.79. The molecular formula is C12H22N2O4S. The van der Waals surface area contributed by atoms with E-state index >= 15 is 0 Å². The van der Waals surface area contributed by atoms with Gasteiger partial charge in [-0.1, -0.05) is 6.08 Å². The molecule has 0 aliphatic carbocycles. The Kier molecular flexibility index (Phi) is 8.26. The van der Waals surface area contributed by atoms with Crippen LogP contribution in [0.2, 0.25) is 0 Å². The third-order valence-electron chi connectivity index (χ3n) is 1.77. The van der Waals surface area contributed by atoms with Crippen LogP contribution in [0.4, 0.5) is 4.79 Å². The highest BCUT2D eigenvalue weighted by molar-refractivity contribution is 7.99. The van der Waals surface area contributed by atoms with E-state index in [1.807, 2.05) is 0 Å². The molecule has 0 unspecified atom stereocenters. The van der Waals surface area contributed by atoms with Crippen molar-refractivity contribution in [3.05, 3.63) is 12.7 Å². The van der Waals surface area contributed by atoms with E-state index in [1.165, 1.54) is 11.8 Å². The first kappa shape index (κ1) is 17.8. The number of ether oxygens (including phenoxy) is 1. The molecule has 0 radical (unpaired) electrons. The van der Waals surface area contributed by atoms with E-state index in [2.05, 4.69) is 17.2 Å². The minimum Gasteiger partial charge on any atom is -0.480 e. The van der Waals surface area contributed by atoms with E-state index in [0.29, 0.717) is 12.4 Å². The number of carbonyl (C=O) groups is 2. The summed E-state index contributed by atoms with van der Waals surface area (Å²) in [4.78, 5) is 22.5. The first-order chi connectivity index (χ1) is 8.76. The van der Waals surface area contributed by atoms with Crippen LogP contribution in [0.3, 0.4) is 0 Å². The second kappa shape index (κ2) is 8.82. The number of alkyl carbamates (subject to hydrolysis) is 1. The summed E-state index contributed by atoms with van der Waals surface area (Å²) in [7, 11) is 0. The first-order valence-electron chi connectivity index (χ1n) is 5.88.